The van der Waals surface area contributed by atoms with Gasteiger partial charge in [-0.15, -0.1) is 0 Å². The van der Waals surface area contributed by atoms with Crippen LogP contribution < -0.4 is 11.1 Å². The van der Waals surface area contributed by atoms with Gasteiger partial charge in [0.05, 0.1) is 23.7 Å². The van der Waals surface area contributed by atoms with Crippen LogP contribution in [0.1, 0.15) is 16.8 Å². The number of para-hydroxylation sites is 1. The van der Waals surface area contributed by atoms with Crippen molar-refractivity contribution in [3.8, 4) is 0 Å². The van der Waals surface area contributed by atoms with Gasteiger partial charge < -0.3 is 15.8 Å². The first-order chi connectivity index (χ1) is 9.24. The molecule has 19 heavy (non-hydrogen) atoms. The second kappa shape index (κ2) is 4.85. The summed E-state index contributed by atoms with van der Waals surface area (Å²) < 4.78 is 5.23. The van der Waals surface area contributed by atoms with Gasteiger partial charge in [-0.25, -0.2) is 4.98 Å². The first-order valence-corrected chi connectivity index (χ1v) is 6.28. The molecular weight excluding hydrogens is 242 g/mol. The van der Waals surface area contributed by atoms with Crippen LogP contribution in [0.25, 0.3) is 10.9 Å². The number of nitrogens with zero attached hydrogens (tertiary/aromatic N) is 1. The zero-order chi connectivity index (χ0) is 13.2. The minimum atomic E-state index is -0.189. The molecule has 1 atom stereocenters. The van der Waals surface area contributed by atoms with Crippen LogP contribution in [0.4, 0.5) is 5.82 Å². The Morgan fingerprint density at radius 1 is 1.42 bits per heavy atom. The first kappa shape index (κ1) is 11.9. The van der Waals surface area contributed by atoms with Gasteiger partial charge in [-0.2, -0.15) is 0 Å². The molecule has 1 aliphatic rings. The molecule has 1 saturated heterocycles. The summed E-state index contributed by atoms with van der Waals surface area (Å²) in [5.41, 5.74) is 7.07. The maximum atomic E-state index is 12.2. The third-order valence-corrected chi connectivity index (χ3v) is 3.26. The molecule has 3 rings (SSSR count). The second-order valence-electron chi connectivity index (χ2n) is 4.65. The van der Waals surface area contributed by atoms with Gasteiger partial charge in [-0.05, 0) is 18.6 Å². The zero-order valence-corrected chi connectivity index (χ0v) is 10.4. The number of benzene rings is 1. The molecule has 1 amide bonds. The van der Waals surface area contributed by atoms with Crippen LogP contribution in [0.5, 0.6) is 0 Å². The molecule has 5 heteroatoms. The number of nitrogens with two attached hydrogens (primary N) is 1. The van der Waals surface area contributed by atoms with E-state index in [0.717, 1.165) is 17.3 Å². The summed E-state index contributed by atoms with van der Waals surface area (Å²) in [7, 11) is 0. The van der Waals surface area contributed by atoms with Gasteiger partial charge in [-0.1, -0.05) is 18.2 Å². The summed E-state index contributed by atoms with van der Waals surface area (Å²) in [6.45, 7) is 1.25. The van der Waals surface area contributed by atoms with E-state index < -0.39 is 0 Å². The van der Waals surface area contributed by atoms with E-state index in [4.69, 9.17) is 10.5 Å². The predicted molar refractivity (Wildman–Crippen MR) is 72.8 cm³/mol. The number of pyridine rings is 1. The average Bonchev–Trinajstić information content (AvgIpc) is 2.90. The highest BCUT2D eigenvalue weighted by Gasteiger charge is 2.20. The van der Waals surface area contributed by atoms with Gasteiger partial charge in [0.2, 0.25) is 0 Å². The number of anilines is 1. The zero-order valence-electron chi connectivity index (χ0n) is 10.4. The number of nitrogen functional groups attached to an aromatic ring is 1. The Labute approximate surface area is 110 Å². The van der Waals surface area contributed by atoms with Crippen LogP contribution in [0.3, 0.4) is 0 Å². The smallest absolute Gasteiger partial charge is 0.255 e. The molecule has 1 fully saturated rings. The van der Waals surface area contributed by atoms with Gasteiger partial charge >= 0.3 is 0 Å². The molecule has 2 heterocycles. The topological polar surface area (TPSA) is 77.2 Å². The monoisotopic (exact) mass is 257 g/mol. The number of hydrogen-bond acceptors (Lipinski definition) is 4. The quantitative estimate of drug-likeness (QED) is 0.851. The van der Waals surface area contributed by atoms with E-state index in [9.17, 15) is 4.79 Å². The molecule has 0 saturated carbocycles. The van der Waals surface area contributed by atoms with Gasteiger partial charge in [0.15, 0.2) is 0 Å². The fourth-order valence-corrected chi connectivity index (χ4v) is 2.22. The Morgan fingerprint density at radius 3 is 3.05 bits per heavy atom. The fourth-order valence-electron chi connectivity index (χ4n) is 2.22. The Bertz CT molecular complexity index is 621. The van der Waals surface area contributed by atoms with Crippen molar-refractivity contribution in [3.05, 3.63) is 35.9 Å². The predicted octanol–water partition coefficient (Wildman–Crippen LogP) is 1.34. The number of fused-ring (bicyclic) bond motifs is 1. The first-order valence-electron chi connectivity index (χ1n) is 6.28. The van der Waals surface area contributed by atoms with Gasteiger partial charge in [-0.3, -0.25) is 4.79 Å². The normalized spacial score (nSPS) is 18.6. The molecular formula is C14H15N3O2. The number of carbonyl (C=O) groups excluding carboxylic acids is 1. The maximum Gasteiger partial charge on any atom is 0.255 e. The third-order valence-electron chi connectivity index (χ3n) is 3.26. The number of ether oxygens (including phenoxy) is 1. The number of hydrogen-bond donors (Lipinski definition) is 2. The lowest BCUT2D eigenvalue weighted by Crippen LogP contribution is -2.35. The summed E-state index contributed by atoms with van der Waals surface area (Å²) >= 11 is 0. The highest BCUT2D eigenvalue weighted by atomic mass is 16.5. The Morgan fingerprint density at radius 2 is 2.26 bits per heavy atom. The van der Waals surface area contributed by atoms with Crippen LogP contribution in [-0.2, 0) is 4.74 Å². The van der Waals surface area contributed by atoms with E-state index in [1.54, 1.807) is 6.07 Å². The van der Waals surface area contributed by atoms with E-state index in [0.29, 0.717) is 18.8 Å². The minimum Gasteiger partial charge on any atom is -0.383 e. The van der Waals surface area contributed by atoms with Crippen molar-refractivity contribution in [1.29, 1.82) is 0 Å². The molecule has 1 aliphatic heterocycles. The minimum absolute atomic E-state index is 0.0679. The van der Waals surface area contributed by atoms with Crippen molar-refractivity contribution in [2.75, 3.05) is 18.9 Å². The van der Waals surface area contributed by atoms with Crippen LogP contribution in [0, 0.1) is 0 Å². The van der Waals surface area contributed by atoms with Crippen LogP contribution in [0.15, 0.2) is 30.3 Å². The number of rotatable bonds is 2. The molecule has 0 spiro atoms. The molecule has 1 aromatic carbocycles. The standard InChI is InChI=1S/C14H15N3O2/c15-13-11(14(18)16-10-5-6-19-8-10)7-9-3-1-2-4-12(9)17-13/h1-4,7,10H,5-6,8H2,(H2,15,17)(H,16,18)/t10-/m1/s1. The summed E-state index contributed by atoms with van der Waals surface area (Å²) in [6.07, 6.45) is 0.840. The van der Waals surface area contributed by atoms with Crippen molar-refractivity contribution in [3.63, 3.8) is 0 Å². The molecule has 0 bridgehead atoms. The fraction of sp³-hybridized carbons (Fsp3) is 0.286. The molecule has 1 aromatic heterocycles. The second-order valence-corrected chi connectivity index (χ2v) is 4.65. The molecule has 0 radical (unpaired) electrons. The van der Waals surface area contributed by atoms with E-state index >= 15 is 0 Å². The van der Waals surface area contributed by atoms with Gasteiger partial charge in [0, 0.05) is 12.0 Å². The highest BCUT2D eigenvalue weighted by Crippen LogP contribution is 2.18. The van der Waals surface area contributed by atoms with Crippen molar-refractivity contribution in [2.24, 2.45) is 0 Å². The summed E-state index contributed by atoms with van der Waals surface area (Å²) in [5, 5.41) is 3.82. The van der Waals surface area contributed by atoms with Crippen molar-refractivity contribution < 1.29 is 9.53 Å². The SMILES string of the molecule is Nc1nc2ccccc2cc1C(=O)N[C@@H]1CCOC1. The molecule has 2 aromatic rings. The third kappa shape index (κ3) is 2.37. The number of aromatic nitrogens is 1. The van der Waals surface area contributed by atoms with E-state index in [1.807, 2.05) is 24.3 Å². The highest BCUT2D eigenvalue weighted by molar-refractivity contribution is 6.01. The number of nitrogens with one attached hydrogen (secondary N) is 1. The van der Waals surface area contributed by atoms with Crippen molar-refractivity contribution in [1.82, 2.24) is 10.3 Å². The lowest BCUT2D eigenvalue weighted by Gasteiger charge is -2.12. The molecule has 0 unspecified atom stereocenters. The van der Waals surface area contributed by atoms with E-state index in [-0.39, 0.29) is 17.8 Å². The molecule has 3 N–H and O–H groups in total. The van der Waals surface area contributed by atoms with E-state index in [2.05, 4.69) is 10.3 Å². The Balaban J connectivity index is 1.90. The average molecular weight is 257 g/mol. The van der Waals surface area contributed by atoms with Crippen LogP contribution in [0.2, 0.25) is 0 Å². The van der Waals surface area contributed by atoms with Crippen LogP contribution >= 0.6 is 0 Å². The van der Waals surface area contributed by atoms with Gasteiger partial charge in [0.1, 0.15) is 5.82 Å². The van der Waals surface area contributed by atoms with Gasteiger partial charge in [0.25, 0.3) is 5.91 Å². The number of amides is 1. The number of carbonyl (C=O) groups is 1. The summed E-state index contributed by atoms with van der Waals surface area (Å²) in [6, 6.07) is 9.44. The lowest BCUT2D eigenvalue weighted by molar-refractivity contribution is 0.0930. The largest absolute Gasteiger partial charge is 0.383 e. The van der Waals surface area contributed by atoms with Crippen molar-refractivity contribution >= 4 is 22.6 Å². The molecule has 0 aliphatic carbocycles. The summed E-state index contributed by atoms with van der Waals surface area (Å²) in [4.78, 5) is 16.4. The summed E-state index contributed by atoms with van der Waals surface area (Å²) in [5.74, 6) is 0.0707. The van der Waals surface area contributed by atoms with Crippen molar-refractivity contribution in [2.45, 2.75) is 12.5 Å². The Kier molecular flexibility index (Phi) is 3.05. The molecule has 98 valence electrons. The Hall–Kier alpha value is -2.14. The van der Waals surface area contributed by atoms with Crippen LogP contribution in [-0.4, -0.2) is 30.1 Å². The molecule has 5 nitrogen and oxygen atoms in total. The lowest BCUT2D eigenvalue weighted by atomic mass is 10.1. The van der Waals surface area contributed by atoms with E-state index in [1.165, 1.54) is 0 Å². The maximum absolute atomic E-state index is 12.2.